The molecule has 2 heteroatoms. The third-order valence-electron chi connectivity index (χ3n) is 3.35. The van der Waals surface area contributed by atoms with E-state index in [1.165, 1.54) is 22.1 Å². The second-order valence-electron chi connectivity index (χ2n) is 4.92. The van der Waals surface area contributed by atoms with Gasteiger partial charge in [-0.25, -0.2) is 0 Å². The number of nitrogens with one attached hydrogen (secondary N) is 1. The molecule has 0 fully saturated rings. The van der Waals surface area contributed by atoms with E-state index >= 15 is 0 Å². The van der Waals surface area contributed by atoms with Crippen LogP contribution in [-0.2, 0) is 0 Å². The molecule has 2 nitrogen and oxygen atoms in total. The fourth-order valence-electron chi connectivity index (χ4n) is 2.29. The summed E-state index contributed by atoms with van der Waals surface area (Å²) in [6.07, 6.45) is 1.90. The first-order chi connectivity index (χ1) is 8.75. The Kier molecular flexibility index (Phi) is 2.63. The maximum atomic E-state index is 4.12. The van der Waals surface area contributed by atoms with Gasteiger partial charge in [0.15, 0.2) is 0 Å². The van der Waals surface area contributed by atoms with Gasteiger partial charge in [0.25, 0.3) is 0 Å². The Labute approximate surface area is 107 Å². The van der Waals surface area contributed by atoms with Crippen molar-refractivity contribution >= 4 is 10.9 Å². The molecular formula is C16H16N2. The average molecular weight is 236 g/mol. The SMILES string of the molecule is CC(C)c1cccc(-c2cccc3[nH]ncc23)c1. The summed E-state index contributed by atoms with van der Waals surface area (Å²) >= 11 is 0. The summed E-state index contributed by atoms with van der Waals surface area (Å²) in [5.41, 5.74) is 4.95. The van der Waals surface area contributed by atoms with Crippen LogP contribution >= 0.6 is 0 Å². The Morgan fingerprint density at radius 1 is 1.06 bits per heavy atom. The lowest BCUT2D eigenvalue weighted by atomic mass is 9.96. The number of fused-ring (bicyclic) bond motifs is 1. The summed E-state index contributed by atoms with van der Waals surface area (Å²) in [6, 6.07) is 15.0. The van der Waals surface area contributed by atoms with Gasteiger partial charge in [-0.1, -0.05) is 50.2 Å². The van der Waals surface area contributed by atoms with E-state index in [0.717, 1.165) is 5.52 Å². The summed E-state index contributed by atoms with van der Waals surface area (Å²) in [7, 11) is 0. The van der Waals surface area contributed by atoms with Crippen molar-refractivity contribution in [3.8, 4) is 11.1 Å². The first-order valence-corrected chi connectivity index (χ1v) is 6.28. The molecule has 0 amide bonds. The van der Waals surface area contributed by atoms with E-state index in [0.29, 0.717) is 5.92 Å². The predicted octanol–water partition coefficient (Wildman–Crippen LogP) is 4.35. The van der Waals surface area contributed by atoms with Crippen molar-refractivity contribution in [1.29, 1.82) is 0 Å². The van der Waals surface area contributed by atoms with E-state index in [1.54, 1.807) is 0 Å². The van der Waals surface area contributed by atoms with Crippen LogP contribution in [0.4, 0.5) is 0 Å². The second-order valence-corrected chi connectivity index (χ2v) is 4.92. The van der Waals surface area contributed by atoms with Crippen LogP contribution in [0.25, 0.3) is 22.0 Å². The van der Waals surface area contributed by atoms with Crippen molar-refractivity contribution in [1.82, 2.24) is 10.2 Å². The minimum atomic E-state index is 0.550. The lowest BCUT2D eigenvalue weighted by molar-refractivity contribution is 0.867. The maximum Gasteiger partial charge on any atom is 0.0656 e. The van der Waals surface area contributed by atoms with Gasteiger partial charge < -0.3 is 0 Å². The van der Waals surface area contributed by atoms with Crippen molar-refractivity contribution in [2.45, 2.75) is 19.8 Å². The van der Waals surface area contributed by atoms with Crippen LogP contribution in [0.15, 0.2) is 48.7 Å². The highest BCUT2D eigenvalue weighted by atomic mass is 15.1. The third-order valence-corrected chi connectivity index (χ3v) is 3.35. The Morgan fingerprint density at radius 2 is 1.89 bits per heavy atom. The van der Waals surface area contributed by atoms with E-state index < -0.39 is 0 Å². The molecule has 0 saturated heterocycles. The van der Waals surface area contributed by atoms with Crippen molar-refractivity contribution in [2.24, 2.45) is 0 Å². The van der Waals surface area contributed by atoms with Crippen LogP contribution in [0, 0.1) is 0 Å². The molecule has 0 atom stereocenters. The highest BCUT2D eigenvalue weighted by Crippen LogP contribution is 2.29. The second kappa shape index (κ2) is 4.30. The number of nitrogens with zero attached hydrogens (tertiary/aromatic N) is 1. The van der Waals surface area contributed by atoms with Crippen LogP contribution in [0.5, 0.6) is 0 Å². The Hall–Kier alpha value is -2.09. The molecule has 1 N–H and O–H groups in total. The first-order valence-electron chi connectivity index (χ1n) is 6.28. The molecule has 0 radical (unpaired) electrons. The van der Waals surface area contributed by atoms with Gasteiger partial charge in [-0.15, -0.1) is 0 Å². The zero-order chi connectivity index (χ0) is 12.5. The molecule has 1 aromatic heterocycles. The molecule has 3 rings (SSSR count). The highest BCUT2D eigenvalue weighted by molar-refractivity contribution is 5.94. The average Bonchev–Trinajstić information content (AvgIpc) is 2.87. The zero-order valence-corrected chi connectivity index (χ0v) is 10.6. The van der Waals surface area contributed by atoms with Gasteiger partial charge in [0.05, 0.1) is 11.7 Å². The molecular weight excluding hydrogens is 220 g/mol. The van der Waals surface area contributed by atoms with Crippen molar-refractivity contribution in [3.05, 3.63) is 54.2 Å². The smallest absolute Gasteiger partial charge is 0.0656 e. The highest BCUT2D eigenvalue weighted by Gasteiger charge is 2.06. The molecule has 0 unspecified atom stereocenters. The molecule has 0 aliphatic carbocycles. The summed E-state index contributed by atoms with van der Waals surface area (Å²) in [5, 5.41) is 8.32. The molecule has 0 spiro atoms. The maximum absolute atomic E-state index is 4.12. The monoisotopic (exact) mass is 236 g/mol. The molecule has 18 heavy (non-hydrogen) atoms. The van der Waals surface area contributed by atoms with E-state index in [9.17, 15) is 0 Å². The molecule has 1 heterocycles. The largest absolute Gasteiger partial charge is 0.278 e. The van der Waals surface area contributed by atoms with Gasteiger partial charge in [0, 0.05) is 5.39 Å². The number of aromatic amines is 1. The number of hydrogen-bond acceptors (Lipinski definition) is 1. The van der Waals surface area contributed by atoms with Crippen molar-refractivity contribution < 1.29 is 0 Å². The van der Waals surface area contributed by atoms with Gasteiger partial charge in [-0.2, -0.15) is 5.10 Å². The van der Waals surface area contributed by atoms with E-state index in [2.05, 4.69) is 66.5 Å². The van der Waals surface area contributed by atoms with Crippen LogP contribution in [0.3, 0.4) is 0 Å². The summed E-state index contributed by atoms with van der Waals surface area (Å²) in [4.78, 5) is 0. The lowest BCUT2D eigenvalue weighted by Gasteiger charge is -2.09. The summed E-state index contributed by atoms with van der Waals surface area (Å²) in [5.74, 6) is 0.550. The lowest BCUT2D eigenvalue weighted by Crippen LogP contribution is -1.88. The quantitative estimate of drug-likeness (QED) is 0.704. The summed E-state index contributed by atoms with van der Waals surface area (Å²) in [6.45, 7) is 4.44. The molecule has 90 valence electrons. The number of rotatable bonds is 2. The van der Waals surface area contributed by atoms with Crippen LogP contribution in [-0.4, -0.2) is 10.2 Å². The van der Waals surface area contributed by atoms with Crippen molar-refractivity contribution in [3.63, 3.8) is 0 Å². The topological polar surface area (TPSA) is 28.7 Å². The number of hydrogen-bond donors (Lipinski definition) is 1. The fraction of sp³-hybridized carbons (Fsp3) is 0.188. The first kappa shape index (κ1) is 11.0. The Morgan fingerprint density at radius 3 is 2.72 bits per heavy atom. The minimum absolute atomic E-state index is 0.550. The minimum Gasteiger partial charge on any atom is -0.278 e. The van der Waals surface area contributed by atoms with E-state index in [-0.39, 0.29) is 0 Å². The number of benzene rings is 2. The number of aromatic nitrogens is 2. The third kappa shape index (κ3) is 1.80. The molecule has 3 aromatic rings. The summed E-state index contributed by atoms with van der Waals surface area (Å²) < 4.78 is 0. The molecule has 0 saturated carbocycles. The Balaban J connectivity index is 2.20. The van der Waals surface area contributed by atoms with Gasteiger partial charge in [-0.05, 0) is 28.7 Å². The predicted molar refractivity (Wildman–Crippen MR) is 75.6 cm³/mol. The van der Waals surface area contributed by atoms with Crippen LogP contribution in [0.1, 0.15) is 25.3 Å². The Bertz CT molecular complexity index is 680. The van der Waals surface area contributed by atoms with E-state index in [4.69, 9.17) is 0 Å². The number of H-pyrrole nitrogens is 1. The molecule has 2 aromatic carbocycles. The van der Waals surface area contributed by atoms with Crippen LogP contribution in [0.2, 0.25) is 0 Å². The normalized spacial score (nSPS) is 11.3. The molecule has 0 bridgehead atoms. The van der Waals surface area contributed by atoms with Gasteiger partial charge in [0.1, 0.15) is 0 Å². The molecule has 0 aliphatic rings. The molecule has 0 aliphatic heterocycles. The zero-order valence-electron chi connectivity index (χ0n) is 10.6. The standard InChI is InChI=1S/C16H16N2/c1-11(2)12-5-3-6-13(9-12)14-7-4-8-16-15(14)10-17-18-16/h3-11H,1-2H3,(H,17,18). The van der Waals surface area contributed by atoms with Gasteiger partial charge in [-0.3, -0.25) is 5.10 Å². The van der Waals surface area contributed by atoms with E-state index in [1.807, 2.05) is 6.20 Å². The van der Waals surface area contributed by atoms with Gasteiger partial charge >= 0.3 is 0 Å². The van der Waals surface area contributed by atoms with Crippen molar-refractivity contribution in [2.75, 3.05) is 0 Å². The van der Waals surface area contributed by atoms with Crippen LogP contribution < -0.4 is 0 Å². The van der Waals surface area contributed by atoms with Gasteiger partial charge in [0.2, 0.25) is 0 Å². The fourth-order valence-corrected chi connectivity index (χ4v) is 2.29.